The second-order valence-electron chi connectivity index (χ2n) is 5.48. The van der Waals surface area contributed by atoms with Crippen LogP contribution in [0.4, 0.5) is 0 Å². The maximum Gasteiger partial charge on any atom is 0.142 e. The summed E-state index contributed by atoms with van der Waals surface area (Å²) in [7, 11) is 1.61. The zero-order valence-corrected chi connectivity index (χ0v) is 12.8. The SMILES string of the molecule is COc1ccc(C[C@](C#N)(CO)c2nc3ccccc3[nH]2)cc1. The maximum absolute atomic E-state index is 9.91. The number of aromatic nitrogens is 2. The van der Waals surface area contributed by atoms with Crippen LogP contribution in [-0.4, -0.2) is 28.8 Å². The van der Waals surface area contributed by atoms with Gasteiger partial charge < -0.3 is 14.8 Å². The van der Waals surface area contributed by atoms with Crippen molar-refractivity contribution in [1.29, 1.82) is 5.26 Å². The number of benzene rings is 2. The number of H-pyrrole nitrogens is 1. The third kappa shape index (κ3) is 2.77. The minimum Gasteiger partial charge on any atom is -0.497 e. The Morgan fingerprint density at radius 3 is 2.57 bits per heavy atom. The number of methoxy groups -OCH3 is 1. The van der Waals surface area contributed by atoms with Gasteiger partial charge in [0.05, 0.1) is 30.8 Å². The zero-order chi connectivity index (χ0) is 16.3. The van der Waals surface area contributed by atoms with Gasteiger partial charge in [0.25, 0.3) is 0 Å². The third-order valence-corrected chi connectivity index (χ3v) is 3.99. The van der Waals surface area contributed by atoms with Crippen LogP contribution in [0.2, 0.25) is 0 Å². The van der Waals surface area contributed by atoms with Gasteiger partial charge in [0.1, 0.15) is 17.0 Å². The minimum atomic E-state index is -1.10. The molecule has 3 rings (SSSR count). The Morgan fingerprint density at radius 1 is 1.22 bits per heavy atom. The molecule has 1 aromatic heterocycles. The number of ether oxygens (including phenoxy) is 1. The van der Waals surface area contributed by atoms with E-state index in [1.165, 1.54) is 0 Å². The molecule has 0 bridgehead atoms. The first kappa shape index (κ1) is 15.1. The van der Waals surface area contributed by atoms with Crippen molar-refractivity contribution >= 4 is 11.0 Å². The summed E-state index contributed by atoms with van der Waals surface area (Å²) >= 11 is 0. The average Bonchev–Trinajstić information content (AvgIpc) is 3.05. The van der Waals surface area contributed by atoms with Crippen molar-refractivity contribution in [3.8, 4) is 11.8 Å². The molecule has 5 nitrogen and oxygen atoms in total. The van der Waals surface area contributed by atoms with Crippen molar-refractivity contribution in [2.75, 3.05) is 13.7 Å². The fraction of sp³-hybridized carbons (Fsp3) is 0.222. The summed E-state index contributed by atoms with van der Waals surface area (Å²) in [6, 6.07) is 17.3. The number of rotatable bonds is 5. The first-order valence-electron chi connectivity index (χ1n) is 7.31. The molecule has 116 valence electrons. The molecular weight excluding hydrogens is 290 g/mol. The van der Waals surface area contributed by atoms with Crippen molar-refractivity contribution in [1.82, 2.24) is 9.97 Å². The number of nitrogens with zero attached hydrogens (tertiary/aromatic N) is 2. The Labute approximate surface area is 134 Å². The average molecular weight is 307 g/mol. The van der Waals surface area contributed by atoms with E-state index in [1.54, 1.807) is 7.11 Å². The summed E-state index contributed by atoms with van der Waals surface area (Å²) in [6.07, 6.45) is 0.365. The molecule has 1 heterocycles. The zero-order valence-electron chi connectivity index (χ0n) is 12.8. The van der Waals surface area contributed by atoms with E-state index >= 15 is 0 Å². The van der Waals surface area contributed by atoms with Crippen molar-refractivity contribution in [3.05, 3.63) is 59.9 Å². The third-order valence-electron chi connectivity index (χ3n) is 3.99. The summed E-state index contributed by atoms with van der Waals surface area (Å²) in [5, 5.41) is 19.6. The Hall–Kier alpha value is -2.84. The van der Waals surface area contributed by atoms with Crippen LogP contribution in [0.1, 0.15) is 11.4 Å². The maximum atomic E-state index is 9.91. The molecule has 0 unspecified atom stereocenters. The molecule has 2 aromatic carbocycles. The van der Waals surface area contributed by atoms with Gasteiger partial charge >= 0.3 is 0 Å². The number of hydrogen-bond donors (Lipinski definition) is 2. The molecule has 2 N–H and O–H groups in total. The highest BCUT2D eigenvalue weighted by atomic mass is 16.5. The van der Waals surface area contributed by atoms with Gasteiger partial charge in [-0.2, -0.15) is 5.26 Å². The van der Waals surface area contributed by atoms with Crippen LogP contribution in [0, 0.1) is 11.3 Å². The Balaban J connectivity index is 1.99. The van der Waals surface area contributed by atoms with Gasteiger partial charge in [-0.1, -0.05) is 24.3 Å². The molecule has 0 spiro atoms. The van der Waals surface area contributed by atoms with E-state index in [2.05, 4.69) is 16.0 Å². The first-order valence-corrected chi connectivity index (χ1v) is 7.31. The summed E-state index contributed by atoms with van der Waals surface area (Å²) in [5.41, 5.74) is 1.46. The fourth-order valence-electron chi connectivity index (χ4n) is 2.61. The van der Waals surface area contributed by atoms with Crippen molar-refractivity contribution in [2.24, 2.45) is 0 Å². The molecule has 0 amide bonds. The van der Waals surface area contributed by atoms with Gasteiger partial charge in [-0.3, -0.25) is 0 Å². The van der Waals surface area contributed by atoms with Crippen LogP contribution >= 0.6 is 0 Å². The number of fused-ring (bicyclic) bond motifs is 1. The molecule has 0 aliphatic heterocycles. The molecule has 23 heavy (non-hydrogen) atoms. The van der Waals surface area contributed by atoms with Crippen LogP contribution in [0.25, 0.3) is 11.0 Å². The molecule has 1 atom stereocenters. The number of imidazole rings is 1. The van der Waals surface area contributed by atoms with Crippen LogP contribution in [0.5, 0.6) is 5.75 Å². The number of para-hydroxylation sites is 2. The second-order valence-corrected chi connectivity index (χ2v) is 5.48. The van der Waals surface area contributed by atoms with E-state index in [0.717, 1.165) is 22.3 Å². The lowest BCUT2D eigenvalue weighted by Gasteiger charge is -2.22. The number of nitriles is 1. The Kier molecular flexibility index (Phi) is 4.00. The molecular formula is C18H17N3O2. The highest BCUT2D eigenvalue weighted by Crippen LogP contribution is 2.28. The van der Waals surface area contributed by atoms with Gasteiger partial charge in [0, 0.05) is 6.42 Å². The van der Waals surface area contributed by atoms with E-state index in [4.69, 9.17) is 4.74 Å². The van der Waals surface area contributed by atoms with Crippen molar-refractivity contribution < 1.29 is 9.84 Å². The van der Waals surface area contributed by atoms with E-state index in [1.807, 2.05) is 48.5 Å². The van der Waals surface area contributed by atoms with Gasteiger partial charge in [-0.05, 0) is 29.8 Å². The van der Waals surface area contributed by atoms with Crippen LogP contribution < -0.4 is 4.74 Å². The van der Waals surface area contributed by atoms with Crippen molar-refractivity contribution in [3.63, 3.8) is 0 Å². The van der Waals surface area contributed by atoms with Crippen LogP contribution in [-0.2, 0) is 11.8 Å². The summed E-state index contributed by atoms with van der Waals surface area (Å²) in [5.74, 6) is 1.24. The van der Waals surface area contributed by atoms with Crippen molar-refractivity contribution in [2.45, 2.75) is 11.8 Å². The van der Waals surface area contributed by atoms with Gasteiger partial charge in [0.15, 0.2) is 0 Å². The van der Waals surface area contributed by atoms with E-state index in [0.29, 0.717) is 12.2 Å². The first-order chi connectivity index (χ1) is 11.2. The quantitative estimate of drug-likeness (QED) is 0.759. The predicted octanol–water partition coefficient (Wildman–Crippen LogP) is 2.57. The standard InChI is InChI=1S/C18H17N3O2/c1-23-14-8-6-13(7-9-14)10-18(11-19,12-22)17-20-15-4-2-3-5-16(15)21-17/h2-9,22H,10,12H2,1H3,(H,20,21)/t18-/m0/s1. The van der Waals surface area contributed by atoms with Gasteiger partial charge in [-0.15, -0.1) is 0 Å². The second kappa shape index (κ2) is 6.11. The molecule has 3 aromatic rings. The molecule has 0 fully saturated rings. The number of aromatic amines is 1. The molecule has 0 radical (unpaired) electrons. The molecule has 0 aliphatic carbocycles. The number of aliphatic hydroxyl groups excluding tert-OH is 1. The lowest BCUT2D eigenvalue weighted by molar-refractivity contribution is 0.223. The summed E-state index contributed by atoms with van der Waals surface area (Å²) in [6.45, 7) is -0.310. The summed E-state index contributed by atoms with van der Waals surface area (Å²) < 4.78 is 5.14. The number of hydrogen-bond acceptors (Lipinski definition) is 4. The number of nitrogens with one attached hydrogen (secondary N) is 1. The monoisotopic (exact) mass is 307 g/mol. The lowest BCUT2D eigenvalue weighted by atomic mass is 9.83. The van der Waals surface area contributed by atoms with Gasteiger partial charge in [0.2, 0.25) is 0 Å². The van der Waals surface area contributed by atoms with E-state index in [-0.39, 0.29) is 6.61 Å². The number of aliphatic hydroxyl groups is 1. The van der Waals surface area contributed by atoms with E-state index in [9.17, 15) is 10.4 Å². The molecule has 5 heteroatoms. The Bertz CT molecular complexity index is 816. The predicted molar refractivity (Wildman–Crippen MR) is 87.2 cm³/mol. The lowest BCUT2D eigenvalue weighted by Crippen LogP contribution is -2.33. The minimum absolute atomic E-state index is 0.310. The van der Waals surface area contributed by atoms with E-state index < -0.39 is 5.41 Å². The fourth-order valence-corrected chi connectivity index (χ4v) is 2.61. The summed E-state index contributed by atoms with van der Waals surface area (Å²) in [4.78, 5) is 7.66. The molecule has 0 aliphatic rings. The highest BCUT2D eigenvalue weighted by molar-refractivity contribution is 5.75. The van der Waals surface area contributed by atoms with Crippen LogP contribution in [0.15, 0.2) is 48.5 Å². The highest BCUT2D eigenvalue weighted by Gasteiger charge is 2.35. The molecule has 0 saturated carbocycles. The van der Waals surface area contributed by atoms with Crippen LogP contribution in [0.3, 0.4) is 0 Å². The topological polar surface area (TPSA) is 81.9 Å². The largest absolute Gasteiger partial charge is 0.497 e. The normalized spacial score (nSPS) is 13.4. The van der Waals surface area contributed by atoms with Gasteiger partial charge in [-0.25, -0.2) is 4.98 Å². The Morgan fingerprint density at radius 2 is 1.96 bits per heavy atom. The smallest absolute Gasteiger partial charge is 0.142 e. The molecule has 0 saturated heterocycles.